The van der Waals surface area contributed by atoms with Crippen LogP contribution in [0.25, 0.3) is 0 Å². The zero-order chi connectivity index (χ0) is 23.8. The number of hydroxylamine groups is 2. The van der Waals surface area contributed by atoms with Crippen LogP contribution in [0, 0.1) is 0 Å². The number of ether oxygens (including phenoxy) is 1. The summed E-state index contributed by atoms with van der Waals surface area (Å²) in [6.45, 7) is 9.36. The normalized spacial score (nSPS) is 13.9. The average Bonchev–Trinajstić information content (AvgIpc) is 2.66. The number of hydrogen-bond donors (Lipinski definition) is 4. The number of rotatable bonds is 8. The SMILES string of the molecule is C[C@H](NC(=O)OC(C)(C)C)C(=O)N[C@@H](C)C(=O)N[C@@H](C)C(=O)N(O)Cc1ccccc1. The standard InChI is InChI=1S/C21H32N4O6/c1-13(22-18(27)14(2)24-20(29)31-21(4,5)6)17(26)23-15(3)19(28)25(30)12-16-10-8-7-9-11-16/h7-11,13-15,30H,12H2,1-6H3,(H,22,27)(H,23,26)(H,24,29)/t13-,14-,15-/m0/s1. The van der Waals surface area contributed by atoms with Gasteiger partial charge in [-0.1, -0.05) is 30.3 Å². The molecule has 0 aromatic heterocycles. The number of carbonyl (C=O) groups is 4. The molecule has 0 fully saturated rings. The lowest BCUT2D eigenvalue weighted by Gasteiger charge is -2.24. The zero-order valence-corrected chi connectivity index (χ0v) is 18.8. The Morgan fingerprint density at radius 1 is 0.903 bits per heavy atom. The monoisotopic (exact) mass is 436 g/mol. The summed E-state index contributed by atoms with van der Waals surface area (Å²) in [5, 5.41) is 17.8. The van der Waals surface area contributed by atoms with Crippen LogP contribution in [0.5, 0.6) is 0 Å². The van der Waals surface area contributed by atoms with Crippen LogP contribution >= 0.6 is 0 Å². The Morgan fingerprint density at radius 2 is 1.39 bits per heavy atom. The molecule has 0 spiro atoms. The minimum Gasteiger partial charge on any atom is -0.444 e. The number of amides is 4. The van der Waals surface area contributed by atoms with Gasteiger partial charge in [0.25, 0.3) is 5.91 Å². The van der Waals surface area contributed by atoms with E-state index in [1.165, 1.54) is 20.8 Å². The van der Waals surface area contributed by atoms with Crippen LogP contribution in [0.4, 0.5) is 4.79 Å². The largest absolute Gasteiger partial charge is 0.444 e. The van der Waals surface area contributed by atoms with Gasteiger partial charge in [0, 0.05) is 0 Å². The van der Waals surface area contributed by atoms with Gasteiger partial charge in [-0.3, -0.25) is 19.6 Å². The first-order valence-electron chi connectivity index (χ1n) is 9.94. The van der Waals surface area contributed by atoms with Crippen molar-refractivity contribution in [1.82, 2.24) is 21.0 Å². The number of carbonyl (C=O) groups excluding carboxylic acids is 4. The van der Waals surface area contributed by atoms with E-state index in [0.717, 1.165) is 5.56 Å². The van der Waals surface area contributed by atoms with Gasteiger partial charge in [-0.25, -0.2) is 9.86 Å². The summed E-state index contributed by atoms with van der Waals surface area (Å²) in [7, 11) is 0. The molecule has 31 heavy (non-hydrogen) atoms. The van der Waals surface area contributed by atoms with Crippen molar-refractivity contribution in [1.29, 1.82) is 0 Å². The molecule has 3 atom stereocenters. The second kappa shape index (κ2) is 11.3. The topological polar surface area (TPSA) is 137 Å². The smallest absolute Gasteiger partial charge is 0.408 e. The van der Waals surface area contributed by atoms with Crippen molar-refractivity contribution < 1.29 is 29.1 Å². The third kappa shape index (κ3) is 9.47. The second-order valence-electron chi connectivity index (χ2n) is 8.21. The Kier molecular flexibility index (Phi) is 9.44. The molecule has 1 aromatic carbocycles. The molecule has 4 N–H and O–H groups in total. The molecule has 0 aliphatic carbocycles. The zero-order valence-electron chi connectivity index (χ0n) is 18.8. The average molecular weight is 437 g/mol. The Labute approximate surface area is 182 Å². The van der Waals surface area contributed by atoms with Crippen molar-refractivity contribution in [3.8, 4) is 0 Å². The van der Waals surface area contributed by atoms with Crippen LogP contribution < -0.4 is 16.0 Å². The molecule has 172 valence electrons. The quantitative estimate of drug-likeness (QED) is 0.358. The van der Waals surface area contributed by atoms with E-state index in [2.05, 4.69) is 16.0 Å². The summed E-state index contributed by atoms with van der Waals surface area (Å²) in [5.74, 6) is -1.91. The highest BCUT2D eigenvalue weighted by Crippen LogP contribution is 2.07. The Bertz CT molecular complexity index is 778. The summed E-state index contributed by atoms with van der Waals surface area (Å²) in [6.07, 6.45) is -0.757. The molecule has 0 aliphatic heterocycles. The van der Waals surface area contributed by atoms with Gasteiger partial charge in [0.15, 0.2) is 0 Å². The first-order chi connectivity index (χ1) is 14.3. The molecule has 4 amide bonds. The molecule has 10 heteroatoms. The first-order valence-corrected chi connectivity index (χ1v) is 9.94. The number of alkyl carbamates (subject to hydrolysis) is 1. The lowest BCUT2D eigenvalue weighted by molar-refractivity contribution is -0.170. The number of benzene rings is 1. The highest BCUT2D eigenvalue weighted by Gasteiger charge is 2.26. The van der Waals surface area contributed by atoms with Gasteiger partial charge in [0.2, 0.25) is 11.8 Å². The fraction of sp³-hybridized carbons (Fsp3) is 0.524. The maximum absolute atomic E-state index is 12.3. The Balaban J connectivity index is 2.51. The minimum atomic E-state index is -1.02. The lowest BCUT2D eigenvalue weighted by Crippen LogP contribution is -2.55. The fourth-order valence-electron chi connectivity index (χ4n) is 2.41. The van der Waals surface area contributed by atoms with Crippen molar-refractivity contribution in [3.63, 3.8) is 0 Å². The molecular weight excluding hydrogens is 404 g/mol. The summed E-state index contributed by atoms with van der Waals surface area (Å²) >= 11 is 0. The molecule has 1 rings (SSSR count). The van der Waals surface area contributed by atoms with Gasteiger partial charge in [-0.2, -0.15) is 0 Å². The lowest BCUT2D eigenvalue weighted by atomic mass is 10.2. The predicted octanol–water partition coefficient (Wildman–Crippen LogP) is 1.33. The van der Waals surface area contributed by atoms with E-state index in [1.54, 1.807) is 45.0 Å². The predicted molar refractivity (Wildman–Crippen MR) is 113 cm³/mol. The van der Waals surface area contributed by atoms with Gasteiger partial charge in [0.05, 0.1) is 6.54 Å². The van der Waals surface area contributed by atoms with Crippen molar-refractivity contribution in [2.24, 2.45) is 0 Å². The van der Waals surface area contributed by atoms with Crippen molar-refractivity contribution in [2.45, 2.75) is 71.8 Å². The van der Waals surface area contributed by atoms with E-state index >= 15 is 0 Å². The number of nitrogens with zero attached hydrogens (tertiary/aromatic N) is 1. The van der Waals surface area contributed by atoms with E-state index < -0.39 is 47.5 Å². The molecule has 1 aromatic rings. The fourth-order valence-corrected chi connectivity index (χ4v) is 2.41. The highest BCUT2D eigenvalue weighted by molar-refractivity contribution is 5.93. The van der Waals surface area contributed by atoms with E-state index in [4.69, 9.17) is 4.74 Å². The molecule has 0 saturated heterocycles. The van der Waals surface area contributed by atoms with Gasteiger partial charge >= 0.3 is 6.09 Å². The van der Waals surface area contributed by atoms with Crippen molar-refractivity contribution in [3.05, 3.63) is 35.9 Å². The summed E-state index contributed by atoms with van der Waals surface area (Å²) in [4.78, 5) is 48.6. The summed E-state index contributed by atoms with van der Waals surface area (Å²) in [5.41, 5.74) is 0.0148. The van der Waals surface area contributed by atoms with Crippen molar-refractivity contribution >= 4 is 23.8 Å². The summed E-state index contributed by atoms with van der Waals surface area (Å²) in [6, 6.07) is 5.94. The van der Waals surface area contributed by atoms with E-state index in [0.29, 0.717) is 5.06 Å². The minimum absolute atomic E-state index is 0.0278. The molecule has 0 bridgehead atoms. The van der Waals surface area contributed by atoms with Crippen LogP contribution in [0.2, 0.25) is 0 Å². The third-order valence-corrected chi connectivity index (χ3v) is 4.04. The van der Waals surface area contributed by atoms with Crippen LogP contribution in [0.15, 0.2) is 30.3 Å². The molecule has 0 heterocycles. The molecule has 0 radical (unpaired) electrons. The molecular formula is C21H32N4O6. The van der Waals surface area contributed by atoms with Crippen molar-refractivity contribution in [2.75, 3.05) is 0 Å². The number of nitrogens with one attached hydrogen (secondary N) is 3. The third-order valence-electron chi connectivity index (χ3n) is 4.04. The van der Waals surface area contributed by atoms with E-state index in [1.807, 2.05) is 6.07 Å². The van der Waals surface area contributed by atoms with E-state index in [-0.39, 0.29) is 6.54 Å². The van der Waals surface area contributed by atoms with Gasteiger partial charge < -0.3 is 20.7 Å². The van der Waals surface area contributed by atoms with Crippen LogP contribution in [0.3, 0.4) is 0 Å². The van der Waals surface area contributed by atoms with E-state index in [9.17, 15) is 24.4 Å². The number of hydrogen-bond acceptors (Lipinski definition) is 6. The Morgan fingerprint density at radius 3 is 1.90 bits per heavy atom. The van der Waals surface area contributed by atoms with Crippen LogP contribution in [0.1, 0.15) is 47.1 Å². The van der Waals surface area contributed by atoms with Gasteiger partial charge in [-0.15, -0.1) is 0 Å². The Hall–Kier alpha value is -3.14. The first kappa shape index (κ1) is 25.9. The summed E-state index contributed by atoms with van der Waals surface area (Å²) < 4.78 is 5.08. The van der Waals surface area contributed by atoms with Gasteiger partial charge in [-0.05, 0) is 47.1 Å². The highest BCUT2D eigenvalue weighted by atomic mass is 16.6. The maximum Gasteiger partial charge on any atom is 0.408 e. The second-order valence-corrected chi connectivity index (χ2v) is 8.21. The molecule has 10 nitrogen and oxygen atoms in total. The van der Waals surface area contributed by atoms with Crippen LogP contribution in [-0.4, -0.2) is 57.8 Å². The molecule has 0 saturated carbocycles. The van der Waals surface area contributed by atoms with Crippen LogP contribution in [-0.2, 0) is 25.7 Å². The molecule has 0 aliphatic rings. The maximum atomic E-state index is 12.3. The van der Waals surface area contributed by atoms with Gasteiger partial charge in [0.1, 0.15) is 23.7 Å². The molecule has 0 unspecified atom stereocenters.